The van der Waals surface area contributed by atoms with Gasteiger partial charge < -0.3 is 66.3 Å². The number of hydrogen-bond donors (Lipinski definition) is 0. The van der Waals surface area contributed by atoms with Gasteiger partial charge in [-0.2, -0.15) is 0 Å². The SMILES string of the molecule is CC(C)(C)CCOCCOCCC(C)(C)C.CC(C)(C)CCOCCOCCOCCC(C)(C)C.CC(C)(C)CCOCCOCCOCCOCCC(C)(C)C.CC(C)(C)CCOCCOCCOCCOCCOCCC(C)(C)C. The topological polar surface area (TPSA) is 129 Å². The first-order valence-electron chi connectivity index (χ1n) is 31.9. The molecule has 0 aromatic heterocycles. The van der Waals surface area contributed by atoms with Crippen LogP contribution in [0.3, 0.4) is 0 Å². The summed E-state index contributed by atoms with van der Waals surface area (Å²) in [6.45, 7) is 72.7. The Morgan fingerprint density at radius 1 is 0.110 bits per heavy atom. The van der Waals surface area contributed by atoms with Crippen LogP contribution in [0.2, 0.25) is 0 Å². The highest BCUT2D eigenvalue weighted by molar-refractivity contribution is 4.65. The number of rotatable bonds is 46. The molecular formula is C68H144O14. The lowest BCUT2D eigenvalue weighted by atomic mass is 9.93. The van der Waals surface area contributed by atoms with Gasteiger partial charge in [-0.05, 0) is 94.7 Å². The lowest BCUT2D eigenvalue weighted by Gasteiger charge is -2.18. The lowest BCUT2D eigenvalue weighted by Crippen LogP contribution is -2.15. The Bertz CT molecular complexity index is 1180. The first-order chi connectivity index (χ1) is 37.8. The van der Waals surface area contributed by atoms with Gasteiger partial charge in [0.15, 0.2) is 0 Å². The monoisotopic (exact) mass is 1190 g/mol. The standard InChI is InChI=1S/C20H42O5.C18H38O4.C16H34O3.C14H30O2/c1-19(2,3)7-9-21-11-13-23-15-17-25-18-16-24-14-12-22-10-8-20(4,5)6;1-17(2,3)7-9-19-11-13-21-15-16-22-14-12-20-10-8-18(4,5)6;1-15(2,3)7-9-17-11-13-19-14-12-18-10-8-16(4,5)6;1-13(2,3)7-9-15-11-12-16-10-8-14(4,5)6/h7-18H2,1-6H3;7-16H2,1-6H3;7-14H2,1-6H3;7-12H2,1-6H3. The zero-order valence-electron chi connectivity index (χ0n) is 59.2. The predicted molar refractivity (Wildman–Crippen MR) is 344 cm³/mol. The zero-order valence-corrected chi connectivity index (χ0v) is 59.2. The van der Waals surface area contributed by atoms with Crippen molar-refractivity contribution in [3.8, 4) is 0 Å². The van der Waals surface area contributed by atoms with Crippen LogP contribution < -0.4 is 0 Å². The van der Waals surface area contributed by atoms with Crippen molar-refractivity contribution in [3.05, 3.63) is 0 Å². The normalized spacial score (nSPS) is 12.9. The van der Waals surface area contributed by atoms with Crippen molar-refractivity contribution >= 4 is 0 Å². The van der Waals surface area contributed by atoms with Crippen LogP contribution in [0.1, 0.15) is 218 Å². The zero-order chi connectivity index (χ0) is 63.4. The Kier molecular flexibility index (Phi) is 57.3. The van der Waals surface area contributed by atoms with E-state index in [2.05, 4.69) is 166 Å². The fourth-order valence-electron chi connectivity index (χ4n) is 5.63. The smallest absolute Gasteiger partial charge is 0.0701 e. The first kappa shape index (κ1) is 87.9. The van der Waals surface area contributed by atoms with Gasteiger partial charge in [0.05, 0.1) is 132 Å². The lowest BCUT2D eigenvalue weighted by molar-refractivity contribution is -0.0135. The van der Waals surface area contributed by atoms with Gasteiger partial charge in [-0.3, -0.25) is 0 Å². The molecular weight excluding hydrogens is 1040 g/mol. The van der Waals surface area contributed by atoms with Gasteiger partial charge in [-0.1, -0.05) is 166 Å². The maximum Gasteiger partial charge on any atom is 0.0701 e. The molecule has 0 heterocycles. The van der Waals surface area contributed by atoms with Crippen molar-refractivity contribution in [2.75, 3.05) is 185 Å². The number of hydrogen-bond acceptors (Lipinski definition) is 14. The summed E-state index contributed by atoms with van der Waals surface area (Å²) in [6, 6.07) is 0. The van der Waals surface area contributed by atoms with Crippen molar-refractivity contribution in [1.82, 2.24) is 0 Å². The van der Waals surface area contributed by atoms with Crippen LogP contribution in [-0.2, 0) is 66.3 Å². The molecule has 0 radical (unpaired) electrons. The van der Waals surface area contributed by atoms with Gasteiger partial charge in [0.2, 0.25) is 0 Å². The summed E-state index contributed by atoms with van der Waals surface area (Å²) in [7, 11) is 0. The first-order valence-corrected chi connectivity index (χ1v) is 31.9. The third-order valence-corrected chi connectivity index (χ3v) is 11.7. The summed E-state index contributed by atoms with van der Waals surface area (Å²) in [5.74, 6) is 0. The second-order valence-electron chi connectivity index (χ2n) is 31.1. The summed E-state index contributed by atoms with van der Waals surface area (Å²) >= 11 is 0. The molecule has 0 rings (SSSR count). The second-order valence-corrected chi connectivity index (χ2v) is 31.1. The summed E-state index contributed by atoms with van der Waals surface area (Å²) in [4.78, 5) is 0. The highest BCUT2D eigenvalue weighted by atomic mass is 16.6. The molecule has 0 unspecified atom stereocenters. The molecule has 0 aliphatic rings. The van der Waals surface area contributed by atoms with Crippen LogP contribution in [0.15, 0.2) is 0 Å². The van der Waals surface area contributed by atoms with Crippen molar-refractivity contribution in [3.63, 3.8) is 0 Å². The quantitative estimate of drug-likeness (QED) is 0.0536. The van der Waals surface area contributed by atoms with Crippen LogP contribution >= 0.6 is 0 Å². The van der Waals surface area contributed by atoms with E-state index in [9.17, 15) is 0 Å². The van der Waals surface area contributed by atoms with Crippen molar-refractivity contribution in [1.29, 1.82) is 0 Å². The Hall–Kier alpha value is -0.560. The third kappa shape index (κ3) is 101. The molecule has 0 saturated heterocycles. The van der Waals surface area contributed by atoms with E-state index in [1.807, 2.05) is 0 Å². The van der Waals surface area contributed by atoms with Gasteiger partial charge in [0.25, 0.3) is 0 Å². The minimum atomic E-state index is 0.329. The van der Waals surface area contributed by atoms with Crippen molar-refractivity contribution in [2.24, 2.45) is 43.3 Å². The van der Waals surface area contributed by atoms with Gasteiger partial charge in [0, 0.05) is 52.9 Å². The van der Waals surface area contributed by atoms with E-state index in [0.29, 0.717) is 162 Å². The predicted octanol–water partition coefficient (Wildman–Crippen LogP) is 15.7. The Labute approximate surface area is 510 Å². The summed E-state index contributed by atoms with van der Waals surface area (Å²) < 4.78 is 76.9. The average molecular weight is 1190 g/mol. The minimum Gasteiger partial charge on any atom is -0.379 e. The van der Waals surface area contributed by atoms with E-state index >= 15 is 0 Å². The fourth-order valence-corrected chi connectivity index (χ4v) is 5.63. The molecule has 0 saturated carbocycles. The third-order valence-electron chi connectivity index (χ3n) is 11.7. The molecule has 0 fully saturated rings. The molecule has 82 heavy (non-hydrogen) atoms. The van der Waals surface area contributed by atoms with Gasteiger partial charge in [0.1, 0.15) is 0 Å². The van der Waals surface area contributed by atoms with Crippen molar-refractivity contribution < 1.29 is 66.3 Å². The van der Waals surface area contributed by atoms with E-state index < -0.39 is 0 Å². The van der Waals surface area contributed by atoms with Crippen molar-refractivity contribution in [2.45, 2.75) is 218 Å². The molecule has 14 heteroatoms. The average Bonchev–Trinajstić information content (AvgIpc) is 3.30. The van der Waals surface area contributed by atoms with Crippen LogP contribution in [0, 0.1) is 43.3 Å². The summed E-state index contributed by atoms with van der Waals surface area (Å²) in [5.41, 5.74) is 2.77. The van der Waals surface area contributed by atoms with E-state index in [4.69, 9.17) is 66.3 Å². The molecule has 0 spiro atoms. The Balaban J connectivity index is -0.000000501. The van der Waals surface area contributed by atoms with Gasteiger partial charge in [-0.25, -0.2) is 0 Å². The van der Waals surface area contributed by atoms with Crippen LogP contribution in [0.4, 0.5) is 0 Å². The van der Waals surface area contributed by atoms with Gasteiger partial charge >= 0.3 is 0 Å². The van der Waals surface area contributed by atoms with E-state index in [-0.39, 0.29) is 0 Å². The van der Waals surface area contributed by atoms with E-state index in [1.165, 1.54) is 0 Å². The highest BCUT2D eigenvalue weighted by Gasteiger charge is 2.14. The maximum atomic E-state index is 5.53. The molecule has 0 aliphatic heterocycles. The molecule has 0 bridgehead atoms. The summed E-state index contributed by atoms with van der Waals surface area (Å²) in [5, 5.41) is 0. The Morgan fingerprint density at radius 3 is 0.232 bits per heavy atom. The van der Waals surface area contributed by atoms with Crippen LogP contribution in [0.5, 0.6) is 0 Å². The van der Waals surface area contributed by atoms with Crippen LogP contribution in [0.25, 0.3) is 0 Å². The molecule has 500 valence electrons. The number of ether oxygens (including phenoxy) is 14. The molecule has 14 nitrogen and oxygen atoms in total. The molecule has 0 amide bonds. The van der Waals surface area contributed by atoms with Gasteiger partial charge in [-0.15, -0.1) is 0 Å². The molecule has 0 N–H and O–H groups in total. The second kappa shape index (κ2) is 53.5. The van der Waals surface area contributed by atoms with E-state index in [0.717, 1.165) is 117 Å². The highest BCUT2D eigenvalue weighted by Crippen LogP contribution is 2.22. The molecule has 0 atom stereocenters. The Morgan fingerprint density at radius 2 is 0.171 bits per heavy atom. The van der Waals surface area contributed by atoms with Crippen LogP contribution in [-0.4, -0.2) is 185 Å². The largest absolute Gasteiger partial charge is 0.379 e. The molecule has 0 aromatic rings. The molecule has 0 aliphatic carbocycles. The fraction of sp³-hybridized carbons (Fsp3) is 1.00. The summed E-state index contributed by atoms with van der Waals surface area (Å²) in [6.07, 6.45) is 8.67. The maximum absolute atomic E-state index is 5.53. The molecule has 0 aromatic carbocycles. The van der Waals surface area contributed by atoms with E-state index in [1.54, 1.807) is 0 Å². The minimum absolute atomic E-state index is 0.329.